The number of amides is 1. The van der Waals surface area contributed by atoms with Gasteiger partial charge in [-0.15, -0.1) is 11.3 Å². The van der Waals surface area contributed by atoms with E-state index in [4.69, 9.17) is 11.6 Å². The number of nitrogens with one attached hydrogen (secondary N) is 2. The molecular weight excluding hydrogens is 370 g/mol. The molecule has 0 bridgehead atoms. The standard InChI is InChI=1S/C15H12ClN3O3S2/c1-22-14(21)13-10(4-5-23-13)17-12(20)7-24-15-18-9-3-2-8(16)6-11(9)19-15/h2-6H,7H2,1H3,(H,17,20)(H,18,19). The summed E-state index contributed by atoms with van der Waals surface area (Å²) in [5.41, 5.74) is 2.05. The Balaban J connectivity index is 1.63. The molecule has 2 N–H and O–H groups in total. The Hall–Kier alpha value is -2.03. The van der Waals surface area contributed by atoms with E-state index in [0.29, 0.717) is 20.7 Å². The number of nitrogens with zero attached hydrogens (tertiary/aromatic N) is 1. The number of methoxy groups -OCH3 is 1. The molecular formula is C15H12ClN3O3S2. The second-order valence-electron chi connectivity index (χ2n) is 4.70. The van der Waals surface area contributed by atoms with E-state index >= 15 is 0 Å². The van der Waals surface area contributed by atoms with E-state index in [-0.39, 0.29) is 11.7 Å². The van der Waals surface area contributed by atoms with Crippen molar-refractivity contribution in [3.8, 4) is 0 Å². The smallest absolute Gasteiger partial charge is 0.350 e. The number of aromatic nitrogens is 2. The van der Waals surface area contributed by atoms with Gasteiger partial charge in [0.25, 0.3) is 0 Å². The summed E-state index contributed by atoms with van der Waals surface area (Å²) in [6, 6.07) is 7.02. The number of thioether (sulfide) groups is 1. The normalized spacial score (nSPS) is 10.8. The lowest BCUT2D eigenvalue weighted by atomic mass is 10.3. The third kappa shape index (κ3) is 3.72. The number of thiophene rings is 1. The summed E-state index contributed by atoms with van der Waals surface area (Å²) in [6.07, 6.45) is 0. The van der Waals surface area contributed by atoms with Crippen LogP contribution in [-0.4, -0.2) is 34.7 Å². The molecule has 0 spiro atoms. The second-order valence-corrected chi connectivity index (χ2v) is 7.01. The van der Waals surface area contributed by atoms with Gasteiger partial charge in [-0.1, -0.05) is 23.4 Å². The molecule has 0 saturated carbocycles. The summed E-state index contributed by atoms with van der Waals surface area (Å²) >= 11 is 8.42. The van der Waals surface area contributed by atoms with Gasteiger partial charge in [-0.3, -0.25) is 4.79 Å². The highest BCUT2D eigenvalue weighted by molar-refractivity contribution is 7.99. The van der Waals surface area contributed by atoms with Crippen LogP contribution in [0.1, 0.15) is 9.67 Å². The molecule has 0 aliphatic carbocycles. The Morgan fingerprint density at radius 2 is 2.25 bits per heavy atom. The number of anilines is 1. The Labute approximate surface area is 150 Å². The number of hydrogen-bond acceptors (Lipinski definition) is 6. The van der Waals surface area contributed by atoms with E-state index in [1.54, 1.807) is 23.6 Å². The number of carbonyl (C=O) groups excluding carboxylic acids is 2. The van der Waals surface area contributed by atoms with Gasteiger partial charge in [0.1, 0.15) is 4.88 Å². The van der Waals surface area contributed by atoms with Crippen LogP contribution in [-0.2, 0) is 9.53 Å². The lowest BCUT2D eigenvalue weighted by molar-refractivity contribution is -0.113. The zero-order valence-corrected chi connectivity index (χ0v) is 14.8. The summed E-state index contributed by atoms with van der Waals surface area (Å²) < 4.78 is 4.68. The first-order valence-corrected chi connectivity index (χ1v) is 9.05. The van der Waals surface area contributed by atoms with Crippen molar-refractivity contribution in [2.45, 2.75) is 5.16 Å². The Kier molecular flexibility index (Phi) is 5.08. The zero-order chi connectivity index (χ0) is 17.1. The van der Waals surface area contributed by atoms with Gasteiger partial charge in [-0.05, 0) is 29.6 Å². The van der Waals surface area contributed by atoms with Crippen LogP contribution in [0.2, 0.25) is 5.02 Å². The number of imidazole rings is 1. The van der Waals surface area contributed by atoms with Gasteiger partial charge < -0.3 is 15.0 Å². The molecule has 3 rings (SSSR count). The number of halogens is 1. The van der Waals surface area contributed by atoms with Crippen molar-refractivity contribution in [2.75, 3.05) is 18.2 Å². The fourth-order valence-corrected chi connectivity index (χ4v) is 3.63. The predicted octanol–water partition coefficient (Wildman–Crippen LogP) is 3.80. The molecule has 2 heterocycles. The van der Waals surface area contributed by atoms with Crippen LogP contribution in [0.25, 0.3) is 11.0 Å². The van der Waals surface area contributed by atoms with E-state index in [2.05, 4.69) is 20.0 Å². The molecule has 3 aromatic rings. The summed E-state index contributed by atoms with van der Waals surface area (Å²) in [5.74, 6) is -0.548. The third-order valence-corrected chi connectivity index (χ3v) is 5.08. The van der Waals surface area contributed by atoms with Gasteiger partial charge in [0.2, 0.25) is 5.91 Å². The maximum Gasteiger partial charge on any atom is 0.350 e. The number of rotatable bonds is 5. The molecule has 124 valence electrons. The molecule has 0 aliphatic rings. The molecule has 0 unspecified atom stereocenters. The van der Waals surface area contributed by atoms with E-state index in [9.17, 15) is 9.59 Å². The predicted molar refractivity (Wildman–Crippen MR) is 96.1 cm³/mol. The van der Waals surface area contributed by atoms with E-state index < -0.39 is 5.97 Å². The molecule has 2 aromatic heterocycles. The number of carbonyl (C=O) groups is 2. The fourth-order valence-electron chi connectivity index (χ4n) is 2.01. The Morgan fingerprint density at radius 1 is 1.42 bits per heavy atom. The lowest BCUT2D eigenvalue weighted by Crippen LogP contribution is -2.15. The molecule has 0 aliphatic heterocycles. The van der Waals surface area contributed by atoms with Gasteiger partial charge in [-0.2, -0.15) is 0 Å². The number of esters is 1. The molecule has 1 amide bonds. The summed E-state index contributed by atoms with van der Waals surface area (Å²) in [7, 11) is 1.30. The molecule has 0 saturated heterocycles. The number of benzene rings is 1. The highest BCUT2D eigenvalue weighted by Crippen LogP contribution is 2.25. The van der Waals surface area contributed by atoms with Crippen LogP contribution in [0.15, 0.2) is 34.8 Å². The summed E-state index contributed by atoms with van der Waals surface area (Å²) in [6.45, 7) is 0. The molecule has 0 fully saturated rings. The molecule has 0 radical (unpaired) electrons. The average molecular weight is 382 g/mol. The quantitative estimate of drug-likeness (QED) is 0.518. The van der Waals surface area contributed by atoms with Gasteiger partial charge in [0.15, 0.2) is 5.16 Å². The first kappa shape index (κ1) is 16.8. The van der Waals surface area contributed by atoms with Crippen molar-refractivity contribution in [2.24, 2.45) is 0 Å². The molecule has 9 heteroatoms. The highest BCUT2D eigenvalue weighted by Gasteiger charge is 2.16. The van der Waals surface area contributed by atoms with Crippen LogP contribution in [0.4, 0.5) is 5.69 Å². The number of fused-ring (bicyclic) bond motifs is 1. The van der Waals surface area contributed by atoms with Crippen molar-refractivity contribution >= 4 is 63.3 Å². The minimum Gasteiger partial charge on any atom is -0.465 e. The second kappa shape index (κ2) is 7.25. The van der Waals surface area contributed by atoms with E-state index in [0.717, 1.165) is 11.0 Å². The van der Waals surface area contributed by atoms with Crippen molar-refractivity contribution in [1.82, 2.24) is 9.97 Å². The number of hydrogen-bond donors (Lipinski definition) is 2. The number of H-pyrrole nitrogens is 1. The van der Waals surface area contributed by atoms with Crippen molar-refractivity contribution < 1.29 is 14.3 Å². The fraction of sp³-hybridized carbons (Fsp3) is 0.133. The minimum atomic E-state index is -0.470. The van der Waals surface area contributed by atoms with E-state index in [1.165, 1.54) is 30.2 Å². The van der Waals surface area contributed by atoms with Crippen molar-refractivity contribution in [3.05, 3.63) is 39.5 Å². The van der Waals surface area contributed by atoms with Gasteiger partial charge in [-0.25, -0.2) is 9.78 Å². The summed E-state index contributed by atoms with van der Waals surface area (Å²) in [4.78, 5) is 31.5. The van der Waals surface area contributed by atoms with Gasteiger partial charge in [0.05, 0.1) is 29.6 Å². The number of aromatic amines is 1. The minimum absolute atomic E-state index is 0.157. The zero-order valence-electron chi connectivity index (χ0n) is 12.5. The maximum atomic E-state index is 12.1. The third-order valence-electron chi connectivity index (χ3n) is 3.07. The Bertz CT molecular complexity index is 906. The van der Waals surface area contributed by atoms with Gasteiger partial charge >= 0.3 is 5.97 Å². The molecule has 24 heavy (non-hydrogen) atoms. The maximum absolute atomic E-state index is 12.1. The first-order chi connectivity index (χ1) is 11.6. The topological polar surface area (TPSA) is 84.1 Å². The molecule has 0 atom stereocenters. The Morgan fingerprint density at radius 3 is 3.04 bits per heavy atom. The van der Waals surface area contributed by atoms with Crippen LogP contribution in [0, 0.1) is 0 Å². The van der Waals surface area contributed by atoms with Crippen molar-refractivity contribution in [1.29, 1.82) is 0 Å². The lowest BCUT2D eigenvalue weighted by Gasteiger charge is -2.04. The number of ether oxygens (including phenoxy) is 1. The largest absolute Gasteiger partial charge is 0.465 e. The van der Waals surface area contributed by atoms with Crippen LogP contribution in [0.3, 0.4) is 0 Å². The first-order valence-electron chi connectivity index (χ1n) is 6.80. The molecule has 6 nitrogen and oxygen atoms in total. The van der Waals surface area contributed by atoms with Crippen molar-refractivity contribution in [3.63, 3.8) is 0 Å². The highest BCUT2D eigenvalue weighted by atomic mass is 35.5. The summed E-state index contributed by atoms with van der Waals surface area (Å²) in [5, 5.41) is 5.67. The van der Waals surface area contributed by atoms with Gasteiger partial charge in [0, 0.05) is 5.02 Å². The van der Waals surface area contributed by atoms with E-state index in [1.807, 2.05) is 6.07 Å². The monoisotopic (exact) mass is 381 g/mol. The average Bonchev–Trinajstić information content (AvgIpc) is 3.18. The van der Waals surface area contributed by atoms with Crippen LogP contribution < -0.4 is 5.32 Å². The van der Waals surface area contributed by atoms with Crippen LogP contribution >= 0.6 is 34.7 Å². The molecule has 1 aromatic carbocycles. The SMILES string of the molecule is COC(=O)c1sccc1NC(=O)CSc1nc2ccc(Cl)cc2[nH]1. The van der Waals surface area contributed by atoms with Crippen LogP contribution in [0.5, 0.6) is 0 Å².